The van der Waals surface area contributed by atoms with Gasteiger partial charge >= 0.3 is 0 Å². The van der Waals surface area contributed by atoms with Gasteiger partial charge in [-0.15, -0.1) is 0 Å². The van der Waals surface area contributed by atoms with Gasteiger partial charge in [-0.1, -0.05) is 31.5 Å². The Labute approximate surface area is 108 Å². The molecule has 4 heteroatoms. The largest absolute Gasteiger partial charge is 0.331 e. The van der Waals surface area contributed by atoms with E-state index < -0.39 is 0 Å². The van der Waals surface area contributed by atoms with E-state index in [-0.39, 0.29) is 0 Å². The molecule has 1 aromatic carbocycles. The number of hydrogen-bond donors (Lipinski definition) is 2. The van der Waals surface area contributed by atoms with E-state index in [0.29, 0.717) is 5.11 Å². The first kappa shape index (κ1) is 13.6. The van der Waals surface area contributed by atoms with Gasteiger partial charge in [-0.2, -0.15) is 5.10 Å². The monoisotopic (exact) mass is 249 g/mol. The maximum absolute atomic E-state index is 5.15. The normalized spacial score (nSPS) is 9.59. The van der Waals surface area contributed by atoms with Gasteiger partial charge in [0.2, 0.25) is 0 Å². The second-order valence-corrected chi connectivity index (χ2v) is 4.23. The number of nitrogens with one attached hydrogen (secondary N) is 2. The van der Waals surface area contributed by atoms with Gasteiger partial charge in [-0.25, -0.2) is 0 Å². The van der Waals surface area contributed by atoms with Crippen molar-refractivity contribution < 1.29 is 0 Å². The lowest BCUT2D eigenvalue weighted by Gasteiger charge is -2.08. The minimum atomic E-state index is 0.522. The van der Waals surface area contributed by atoms with Gasteiger partial charge in [0.1, 0.15) is 0 Å². The zero-order valence-corrected chi connectivity index (χ0v) is 11.4. The molecule has 0 bridgehead atoms. The SMILES string of the molecule is CCC(CC)=NNC(=S)Nc1ccc(C)cc1. The molecule has 0 fully saturated rings. The third-order valence-electron chi connectivity index (χ3n) is 2.44. The smallest absolute Gasteiger partial charge is 0.191 e. The molecule has 0 unspecified atom stereocenters. The second kappa shape index (κ2) is 7.01. The highest BCUT2D eigenvalue weighted by atomic mass is 32.1. The maximum Gasteiger partial charge on any atom is 0.191 e. The molecule has 0 aliphatic rings. The molecule has 17 heavy (non-hydrogen) atoms. The van der Waals surface area contributed by atoms with Crippen LogP contribution < -0.4 is 10.7 Å². The van der Waals surface area contributed by atoms with Crippen LogP contribution in [0, 0.1) is 6.92 Å². The first-order chi connectivity index (χ1) is 8.15. The Bertz CT molecular complexity index is 390. The van der Waals surface area contributed by atoms with E-state index in [1.54, 1.807) is 0 Å². The van der Waals surface area contributed by atoms with Crippen LogP contribution in [0.25, 0.3) is 0 Å². The number of aryl methyl sites for hydroxylation is 1. The summed E-state index contributed by atoms with van der Waals surface area (Å²) in [6.07, 6.45) is 1.88. The van der Waals surface area contributed by atoms with Crippen LogP contribution in [0.1, 0.15) is 32.3 Å². The highest BCUT2D eigenvalue weighted by molar-refractivity contribution is 7.80. The summed E-state index contributed by atoms with van der Waals surface area (Å²) in [4.78, 5) is 0. The molecule has 0 atom stereocenters. The van der Waals surface area contributed by atoms with Gasteiger partial charge in [0.25, 0.3) is 0 Å². The molecule has 0 saturated carbocycles. The molecule has 2 N–H and O–H groups in total. The van der Waals surface area contributed by atoms with Crippen molar-refractivity contribution in [2.45, 2.75) is 33.6 Å². The lowest BCUT2D eigenvalue weighted by Crippen LogP contribution is -2.25. The van der Waals surface area contributed by atoms with Crippen LogP contribution in [-0.2, 0) is 0 Å². The Morgan fingerprint density at radius 3 is 2.29 bits per heavy atom. The molecule has 0 saturated heterocycles. The molecular weight excluding hydrogens is 230 g/mol. The van der Waals surface area contributed by atoms with Gasteiger partial charge in [0.05, 0.1) is 0 Å². The fraction of sp³-hybridized carbons (Fsp3) is 0.385. The van der Waals surface area contributed by atoms with Crippen molar-refractivity contribution >= 4 is 28.7 Å². The summed E-state index contributed by atoms with van der Waals surface area (Å²) in [6, 6.07) is 8.07. The van der Waals surface area contributed by atoms with Crippen LogP contribution in [0.2, 0.25) is 0 Å². The highest BCUT2D eigenvalue weighted by Crippen LogP contribution is 2.08. The molecule has 0 aliphatic heterocycles. The average Bonchev–Trinajstić information content (AvgIpc) is 2.33. The van der Waals surface area contributed by atoms with E-state index in [2.05, 4.69) is 36.6 Å². The molecule has 0 amide bonds. The molecule has 92 valence electrons. The fourth-order valence-corrected chi connectivity index (χ4v) is 1.50. The zero-order valence-electron chi connectivity index (χ0n) is 10.6. The van der Waals surface area contributed by atoms with Crippen LogP contribution in [0.5, 0.6) is 0 Å². The Kier molecular flexibility index (Phi) is 5.63. The second-order valence-electron chi connectivity index (χ2n) is 3.82. The van der Waals surface area contributed by atoms with Crippen molar-refractivity contribution in [3.63, 3.8) is 0 Å². The number of hydrazone groups is 1. The fourth-order valence-electron chi connectivity index (χ4n) is 1.33. The van der Waals surface area contributed by atoms with E-state index in [0.717, 1.165) is 24.2 Å². The third kappa shape index (κ3) is 4.95. The van der Waals surface area contributed by atoms with E-state index in [1.165, 1.54) is 5.56 Å². The van der Waals surface area contributed by atoms with E-state index in [4.69, 9.17) is 12.2 Å². The molecule has 0 aliphatic carbocycles. The molecular formula is C13H19N3S. The van der Waals surface area contributed by atoms with Crippen LogP contribution >= 0.6 is 12.2 Å². The third-order valence-corrected chi connectivity index (χ3v) is 2.63. The van der Waals surface area contributed by atoms with Gasteiger partial charge in [0.15, 0.2) is 5.11 Å². The van der Waals surface area contributed by atoms with Crippen LogP contribution in [0.4, 0.5) is 5.69 Å². The Hall–Kier alpha value is -1.42. The van der Waals surface area contributed by atoms with Crippen molar-refractivity contribution in [2.24, 2.45) is 5.10 Å². The van der Waals surface area contributed by atoms with Crippen molar-refractivity contribution in [1.29, 1.82) is 0 Å². The first-order valence-corrected chi connectivity index (χ1v) is 6.25. The maximum atomic E-state index is 5.15. The van der Waals surface area contributed by atoms with Crippen LogP contribution in [0.15, 0.2) is 29.4 Å². The van der Waals surface area contributed by atoms with Gasteiger partial charge in [0, 0.05) is 11.4 Å². The molecule has 0 heterocycles. The van der Waals surface area contributed by atoms with Crippen molar-refractivity contribution in [3.8, 4) is 0 Å². The quantitative estimate of drug-likeness (QED) is 0.487. The van der Waals surface area contributed by atoms with E-state index in [9.17, 15) is 0 Å². The number of nitrogens with zero attached hydrogens (tertiary/aromatic N) is 1. The summed E-state index contributed by atoms with van der Waals surface area (Å²) in [5.74, 6) is 0. The molecule has 0 aromatic heterocycles. The van der Waals surface area contributed by atoms with Gasteiger partial charge < -0.3 is 5.32 Å². The Morgan fingerprint density at radius 2 is 1.76 bits per heavy atom. The van der Waals surface area contributed by atoms with Gasteiger partial charge in [-0.3, -0.25) is 5.43 Å². The minimum Gasteiger partial charge on any atom is -0.331 e. The molecule has 1 aromatic rings. The zero-order chi connectivity index (χ0) is 12.7. The summed E-state index contributed by atoms with van der Waals surface area (Å²) in [7, 11) is 0. The summed E-state index contributed by atoms with van der Waals surface area (Å²) < 4.78 is 0. The molecule has 1 rings (SSSR count). The van der Waals surface area contributed by atoms with E-state index >= 15 is 0 Å². The summed E-state index contributed by atoms with van der Waals surface area (Å²) in [5, 5.41) is 7.84. The summed E-state index contributed by atoms with van der Waals surface area (Å²) >= 11 is 5.15. The predicted molar refractivity (Wildman–Crippen MR) is 78.6 cm³/mol. The topological polar surface area (TPSA) is 36.4 Å². The average molecular weight is 249 g/mol. The summed E-state index contributed by atoms with van der Waals surface area (Å²) in [6.45, 7) is 6.22. The Morgan fingerprint density at radius 1 is 1.18 bits per heavy atom. The molecule has 0 radical (unpaired) electrons. The van der Waals surface area contributed by atoms with Crippen molar-refractivity contribution in [1.82, 2.24) is 5.43 Å². The van der Waals surface area contributed by atoms with Crippen LogP contribution in [-0.4, -0.2) is 10.8 Å². The number of hydrogen-bond acceptors (Lipinski definition) is 2. The number of anilines is 1. The highest BCUT2D eigenvalue weighted by Gasteiger charge is 1.97. The molecule has 3 nitrogen and oxygen atoms in total. The number of rotatable bonds is 4. The first-order valence-electron chi connectivity index (χ1n) is 5.84. The Balaban J connectivity index is 2.50. The summed E-state index contributed by atoms with van der Waals surface area (Å²) in [5.41, 5.74) is 6.16. The lowest BCUT2D eigenvalue weighted by atomic mass is 10.2. The minimum absolute atomic E-state index is 0.522. The standard InChI is InChI=1S/C13H19N3S/c1-4-11(5-2)15-16-13(17)14-12-8-6-10(3)7-9-12/h6-9H,4-5H2,1-3H3,(H2,14,16,17). The predicted octanol–water partition coefficient (Wildman–Crippen LogP) is 3.46. The van der Waals surface area contributed by atoms with Crippen LogP contribution in [0.3, 0.4) is 0 Å². The van der Waals surface area contributed by atoms with Crippen molar-refractivity contribution in [2.75, 3.05) is 5.32 Å². The van der Waals surface area contributed by atoms with Gasteiger partial charge in [-0.05, 0) is 44.1 Å². The van der Waals surface area contributed by atoms with Crippen molar-refractivity contribution in [3.05, 3.63) is 29.8 Å². The molecule has 0 spiro atoms. The van der Waals surface area contributed by atoms with E-state index in [1.807, 2.05) is 24.3 Å². The number of thiocarbonyl (C=S) groups is 1. The lowest BCUT2D eigenvalue weighted by molar-refractivity contribution is 0.992. The number of benzene rings is 1.